The molecule has 0 unspecified atom stereocenters. The van der Waals surface area contributed by atoms with Gasteiger partial charge in [0.05, 0.1) is 18.6 Å². The van der Waals surface area contributed by atoms with Crippen LogP contribution in [0.2, 0.25) is 5.02 Å². The summed E-state index contributed by atoms with van der Waals surface area (Å²) in [6.07, 6.45) is 0. The van der Waals surface area contributed by atoms with Crippen molar-refractivity contribution in [1.82, 2.24) is 15.0 Å². The molecule has 27 heavy (non-hydrogen) atoms. The minimum absolute atomic E-state index is 0.00221. The van der Waals surface area contributed by atoms with Crippen molar-refractivity contribution in [2.45, 2.75) is 13.1 Å². The monoisotopic (exact) mass is 388 g/mol. The minimum Gasteiger partial charge on any atom is -0.497 e. The van der Waals surface area contributed by atoms with Crippen LogP contribution >= 0.6 is 11.6 Å². The van der Waals surface area contributed by atoms with Gasteiger partial charge >= 0.3 is 0 Å². The van der Waals surface area contributed by atoms with Gasteiger partial charge in [0, 0.05) is 29.3 Å². The van der Waals surface area contributed by atoms with E-state index in [0.717, 1.165) is 11.3 Å². The van der Waals surface area contributed by atoms with E-state index in [1.807, 2.05) is 36.2 Å². The minimum atomic E-state index is -0.445. The van der Waals surface area contributed by atoms with Crippen LogP contribution in [0.25, 0.3) is 11.4 Å². The number of rotatable bonds is 7. The number of non-ortho nitro benzene ring substituents is 1. The van der Waals surface area contributed by atoms with Gasteiger partial charge in [0.15, 0.2) is 0 Å². The van der Waals surface area contributed by atoms with Crippen molar-refractivity contribution in [3.63, 3.8) is 0 Å². The van der Waals surface area contributed by atoms with Crippen LogP contribution in [0.1, 0.15) is 11.5 Å². The van der Waals surface area contributed by atoms with Crippen LogP contribution in [0, 0.1) is 10.1 Å². The van der Waals surface area contributed by atoms with E-state index in [-0.39, 0.29) is 5.69 Å². The molecule has 3 aromatic rings. The first kappa shape index (κ1) is 18.8. The van der Waals surface area contributed by atoms with E-state index in [1.54, 1.807) is 7.11 Å². The lowest BCUT2D eigenvalue weighted by molar-refractivity contribution is -0.384. The number of benzene rings is 2. The average molecular weight is 389 g/mol. The topological polar surface area (TPSA) is 94.5 Å². The Kier molecular flexibility index (Phi) is 5.68. The predicted molar refractivity (Wildman–Crippen MR) is 99.6 cm³/mol. The van der Waals surface area contributed by atoms with Crippen molar-refractivity contribution in [1.29, 1.82) is 0 Å². The predicted octanol–water partition coefficient (Wildman–Crippen LogP) is 3.94. The van der Waals surface area contributed by atoms with Gasteiger partial charge in [-0.25, -0.2) is 0 Å². The summed E-state index contributed by atoms with van der Waals surface area (Å²) in [5.41, 5.74) is 1.47. The maximum Gasteiger partial charge on any atom is 0.269 e. The number of hydrogen-bond donors (Lipinski definition) is 0. The van der Waals surface area contributed by atoms with Crippen LogP contribution in [0.4, 0.5) is 5.69 Å². The molecule has 0 saturated heterocycles. The van der Waals surface area contributed by atoms with Gasteiger partial charge in [0.1, 0.15) is 5.75 Å². The largest absolute Gasteiger partial charge is 0.497 e. The van der Waals surface area contributed by atoms with Crippen molar-refractivity contribution < 1.29 is 14.2 Å². The lowest BCUT2D eigenvalue weighted by Gasteiger charge is -2.15. The summed E-state index contributed by atoms with van der Waals surface area (Å²) in [6, 6.07) is 11.7. The molecule has 1 aromatic heterocycles. The quantitative estimate of drug-likeness (QED) is 0.447. The first-order valence-electron chi connectivity index (χ1n) is 8.04. The molecule has 1 heterocycles. The van der Waals surface area contributed by atoms with Gasteiger partial charge in [0.25, 0.3) is 5.69 Å². The average Bonchev–Trinajstić information content (AvgIpc) is 3.11. The second kappa shape index (κ2) is 8.15. The lowest BCUT2D eigenvalue weighted by atomic mass is 10.2. The molecule has 0 aliphatic carbocycles. The number of hydrogen-bond acceptors (Lipinski definition) is 7. The molecule has 0 aliphatic heterocycles. The van der Waals surface area contributed by atoms with E-state index >= 15 is 0 Å². The third-order valence-electron chi connectivity index (χ3n) is 3.90. The fourth-order valence-electron chi connectivity index (χ4n) is 2.55. The maximum atomic E-state index is 10.9. The standard InChI is InChI=1S/C18H17ClN4O4/c1-22(10-13-9-14(23(24)25)5-8-16(13)19)11-17-20-18(21-27-17)12-3-6-15(26-2)7-4-12/h3-9H,10-11H2,1-2H3. The zero-order valence-corrected chi connectivity index (χ0v) is 15.5. The Morgan fingerprint density at radius 3 is 2.63 bits per heavy atom. The van der Waals surface area contributed by atoms with Gasteiger partial charge < -0.3 is 9.26 Å². The number of nitro groups is 1. The Balaban J connectivity index is 1.68. The van der Waals surface area contributed by atoms with Crippen LogP contribution in [-0.2, 0) is 13.1 Å². The van der Waals surface area contributed by atoms with Crippen LogP contribution < -0.4 is 4.74 Å². The number of nitrogens with zero attached hydrogens (tertiary/aromatic N) is 4. The number of ether oxygens (including phenoxy) is 1. The van der Waals surface area contributed by atoms with Gasteiger partial charge in [-0.1, -0.05) is 16.8 Å². The summed E-state index contributed by atoms with van der Waals surface area (Å²) >= 11 is 6.15. The molecule has 8 nitrogen and oxygen atoms in total. The van der Waals surface area contributed by atoms with Crippen molar-refractivity contribution >= 4 is 17.3 Å². The highest BCUT2D eigenvalue weighted by atomic mass is 35.5. The Hall–Kier alpha value is -2.97. The van der Waals surface area contributed by atoms with Crippen LogP contribution in [0.15, 0.2) is 47.0 Å². The number of methoxy groups -OCH3 is 1. The van der Waals surface area contributed by atoms with E-state index < -0.39 is 4.92 Å². The summed E-state index contributed by atoms with van der Waals surface area (Å²) in [4.78, 5) is 16.8. The molecule has 0 atom stereocenters. The van der Waals surface area contributed by atoms with E-state index in [1.165, 1.54) is 18.2 Å². The van der Waals surface area contributed by atoms with Crippen molar-refractivity contribution in [2.75, 3.05) is 14.2 Å². The lowest BCUT2D eigenvalue weighted by Crippen LogP contribution is -2.17. The Morgan fingerprint density at radius 1 is 1.22 bits per heavy atom. The van der Waals surface area contributed by atoms with Crippen molar-refractivity contribution in [3.8, 4) is 17.1 Å². The SMILES string of the molecule is COc1ccc(-c2noc(CN(C)Cc3cc([N+](=O)[O-])ccc3Cl)n2)cc1. The third-order valence-corrected chi connectivity index (χ3v) is 4.27. The Labute approximate surface area is 160 Å². The zero-order valence-electron chi connectivity index (χ0n) is 14.8. The fourth-order valence-corrected chi connectivity index (χ4v) is 2.73. The van der Waals surface area contributed by atoms with Gasteiger partial charge in [-0.3, -0.25) is 15.0 Å². The molecule has 0 fully saturated rings. The van der Waals surface area contributed by atoms with Gasteiger partial charge in [0.2, 0.25) is 11.7 Å². The zero-order chi connectivity index (χ0) is 19.4. The Morgan fingerprint density at radius 2 is 1.96 bits per heavy atom. The second-order valence-electron chi connectivity index (χ2n) is 5.95. The molecule has 0 bridgehead atoms. The molecule has 2 aromatic carbocycles. The second-order valence-corrected chi connectivity index (χ2v) is 6.35. The summed E-state index contributed by atoms with van der Waals surface area (Å²) in [5.74, 6) is 1.66. The molecule has 0 aliphatic rings. The van der Waals surface area contributed by atoms with Crippen LogP contribution in [0.5, 0.6) is 5.75 Å². The molecule has 0 saturated carbocycles. The fraction of sp³-hybridized carbons (Fsp3) is 0.222. The van der Waals surface area contributed by atoms with Gasteiger partial charge in [-0.05, 0) is 42.9 Å². The summed E-state index contributed by atoms with van der Waals surface area (Å²) in [5, 5.41) is 15.4. The smallest absolute Gasteiger partial charge is 0.269 e. The maximum absolute atomic E-state index is 10.9. The molecule has 9 heteroatoms. The summed E-state index contributed by atoms with van der Waals surface area (Å²) in [7, 11) is 3.44. The van der Waals surface area contributed by atoms with Crippen molar-refractivity contribution in [2.24, 2.45) is 0 Å². The molecule has 0 spiro atoms. The molecule has 0 amide bonds. The molecular formula is C18H17ClN4O4. The molecular weight excluding hydrogens is 372 g/mol. The molecule has 140 valence electrons. The number of aromatic nitrogens is 2. The third kappa shape index (κ3) is 4.60. The van der Waals surface area contributed by atoms with Gasteiger partial charge in [-0.15, -0.1) is 0 Å². The summed E-state index contributed by atoms with van der Waals surface area (Å²) < 4.78 is 10.4. The highest BCUT2D eigenvalue weighted by Crippen LogP contribution is 2.24. The number of nitro benzene ring substituents is 1. The first-order chi connectivity index (χ1) is 13.0. The van der Waals surface area contributed by atoms with Crippen LogP contribution in [-0.4, -0.2) is 34.1 Å². The normalized spacial score (nSPS) is 11.0. The Bertz CT molecular complexity index is 943. The van der Waals surface area contributed by atoms with E-state index in [9.17, 15) is 10.1 Å². The van der Waals surface area contributed by atoms with Crippen molar-refractivity contribution in [3.05, 3.63) is 69.1 Å². The highest BCUT2D eigenvalue weighted by Gasteiger charge is 2.14. The van der Waals surface area contributed by atoms with Crippen LogP contribution in [0.3, 0.4) is 0 Å². The van der Waals surface area contributed by atoms with Gasteiger partial charge in [-0.2, -0.15) is 4.98 Å². The molecule has 3 rings (SSSR count). The summed E-state index contributed by atoms with van der Waals surface area (Å²) in [6.45, 7) is 0.781. The number of halogens is 1. The van der Waals surface area contributed by atoms with E-state index in [2.05, 4.69) is 10.1 Å². The highest BCUT2D eigenvalue weighted by molar-refractivity contribution is 6.31. The van der Waals surface area contributed by atoms with E-state index in [0.29, 0.717) is 35.4 Å². The molecule has 0 N–H and O–H groups in total. The molecule has 0 radical (unpaired) electrons. The van der Waals surface area contributed by atoms with E-state index in [4.69, 9.17) is 20.9 Å². The first-order valence-corrected chi connectivity index (χ1v) is 8.42.